The number of aliphatic hydroxyl groups is 1. The molecule has 416 valence electrons. The van der Waals surface area contributed by atoms with Gasteiger partial charge in [-0.2, -0.15) is 5.10 Å². The van der Waals surface area contributed by atoms with Crippen molar-refractivity contribution in [3.8, 4) is 32.7 Å². The number of halogens is 1. The Kier molecular flexibility index (Phi) is 20.5. The molecule has 4 N–H and O–H groups in total. The van der Waals surface area contributed by atoms with Gasteiger partial charge < -0.3 is 45.1 Å². The van der Waals surface area contributed by atoms with E-state index in [1.807, 2.05) is 80.3 Å². The minimum absolute atomic E-state index is 0.0122. The van der Waals surface area contributed by atoms with Gasteiger partial charge in [-0.1, -0.05) is 80.9 Å². The zero-order valence-electron chi connectivity index (χ0n) is 45.1. The molecule has 3 aliphatic heterocycles. The summed E-state index contributed by atoms with van der Waals surface area (Å²) >= 11 is 8.45. The molecule has 0 bridgehead atoms. The van der Waals surface area contributed by atoms with Gasteiger partial charge >= 0.3 is 6.03 Å². The lowest BCUT2D eigenvalue weighted by Crippen LogP contribution is -2.47. The molecule has 0 aliphatic carbocycles. The van der Waals surface area contributed by atoms with Crippen LogP contribution in [-0.4, -0.2) is 138 Å². The summed E-state index contributed by atoms with van der Waals surface area (Å²) in [6, 6.07) is 15.2. The SMILES string of the molecule is Cc1ncsc1-c1ccc(CNC(=O)N2C[C@H](O)C[C@H]2C(OOCCOCCOCCCCCOCCC(=O)N[C@@H](C)C(C)(C)C)n2cc(-c3ccc(-c4cncc(Cl)c4N4CCC5(CCNC5=O)CC4)cc3)cn2)cc1. The second-order valence-corrected chi connectivity index (χ2v) is 22.7. The number of ether oxygens (including phenoxy) is 3. The first-order valence-corrected chi connectivity index (χ1v) is 28.3. The van der Waals surface area contributed by atoms with Gasteiger partial charge in [-0.25, -0.2) is 24.2 Å². The van der Waals surface area contributed by atoms with E-state index in [4.69, 9.17) is 40.7 Å². The molecule has 1 unspecified atom stereocenters. The van der Waals surface area contributed by atoms with E-state index in [0.717, 1.165) is 108 Å². The Balaban J connectivity index is 0.844. The number of pyridine rings is 1. The van der Waals surface area contributed by atoms with E-state index in [-0.39, 0.29) is 67.4 Å². The zero-order chi connectivity index (χ0) is 54.4. The van der Waals surface area contributed by atoms with Gasteiger partial charge in [0.2, 0.25) is 18.0 Å². The summed E-state index contributed by atoms with van der Waals surface area (Å²) in [4.78, 5) is 64.6. The molecule has 3 fully saturated rings. The van der Waals surface area contributed by atoms with Crippen LogP contribution in [0.3, 0.4) is 0 Å². The molecule has 3 aromatic heterocycles. The number of β-amino-alcohol motifs (C(OH)–C–C–N with tert-alkyl or cyclic N) is 1. The number of benzene rings is 2. The van der Waals surface area contributed by atoms with Crippen molar-refractivity contribution in [2.45, 2.75) is 117 Å². The third kappa shape index (κ3) is 15.4. The Morgan fingerprint density at radius 2 is 1.57 bits per heavy atom. The lowest BCUT2D eigenvalue weighted by Gasteiger charge is -2.39. The summed E-state index contributed by atoms with van der Waals surface area (Å²) in [5.74, 6) is 0.173. The normalized spacial score (nSPS) is 18.2. The lowest BCUT2D eigenvalue weighted by molar-refractivity contribution is -0.356. The van der Waals surface area contributed by atoms with Crippen LogP contribution in [0.2, 0.25) is 5.02 Å². The number of unbranched alkanes of at least 4 members (excludes halogenated alkanes) is 2. The van der Waals surface area contributed by atoms with Crippen molar-refractivity contribution in [1.29, 1.82) is 0 Å². The van der Waals surface area contributed by atoms with Gasteiger partial charge in [0, 0.05) is 94.5 Å². The highest BCUT2D eigenvalue weighted by atomic mass is 35.5. The molecule has 6 heterocycles. The molecule has 0 saturated carbocycles. The predicted octanol–water partition coefficient (Wildman–Crippen LogP) is 8.76. The second kappa shape index (κ2) is 27.4. The summed E-state index contributed by atoms with van der Waals surface area (Å²) < 4.78 is 18.9. The Labute approximate surface area is 461 Å². The van der Waals surface area contributed by atoms with E-state index in [0.29, 0.717) is 44.5 Å². The number of thiazole rings is 1. The number of aliphatic hydroxyl groups excluding tert-OH is 1. The van der Waals surface area contributed by atoms with E-state index < -0.39 is 18.4 Å². The number of likely N-dealkylation sites (tertiary alicyclic amines) is 1. The summed E-state index contributed by atoms with van der Waals surface area (Å²) in [6.45, 7) is 15.6. The smallest absolute Gasteiger partial charge is 0.318 e. The maximum absolute atomic E-state index is 14.0. The summed E-state index contributed by atoms with van der Waals surface area (Å²) in [5.41, 5.74) is 8.98. The number of aryl methyl sites for hydroxylation is 1. The van der Waals surface area contributed by atoms with Crippen molar-refractivity contribution in [1.82, 2.24) is 40.6 Å². The van der Waals surface area contributed by atoms with Crippen molar-refractivity contribution in [3.05, 3.63) is 95.1 Å². The quantitative estimate of drug-likeness (QED) is 0.0233. The Hall–Kier alpha value is -5.51. The number of amides is 4. The lowest BCUT2D eigenvalue weighted by atomic mass is 9.77. The van der Waals surface area contributed by atoms with E-state index in [2.05, 4.69) is 51.6 Å². The van der Waals surface area contributed by atoms with E-state index >= 15 is 0 Å². The number of nitrogens with zero attached hydrogens (tertiary/aromatic N) is 6. The van der Waals surface area contributed by atoms with E-state index in [1.165, 1.54) is 0 Å². The van der Waals surface area contributed by atoms with Crippen molar-refractivity contribution in [3.63, 3.8) is 0 Å². The van der Waals surface area contributed by atoms with Crippen LogP contribution in [0.5, 0.6) is 0 Å². The maximum atomic E-state index is 14.0. The molecule has 3 saturated heterocycles. The average molecular weight is 1100 g/mol. The highest BCUT2D eigenvalue weighted by molar-refractivity contribution is 7.13. The maximum Gasteiger partial charge on any atom is 0.318 e. The number of urea groups is 1. The third-order valence-electron chi connectivity index (χ3n) is 15.1. The minimum Gasteiger partial charge on any atom is -0.391 e. The number of hydrogen-bond acceptors (Lipinski definition) is 14. The monoisotopic (exact) mass is 1100 g/mol. The van der Waals surface area contributed by atoms with Crippen LogP contribution in [0.15, 0.2) is 78.8 Å². The number of rotatable bonds is 26. The number of piperidine rings is 1. The molecule has 8 rings (SSSR count). The second-order valence-electron chi connectivity index (χ2n) is 21.4. The van der Waals surface area contributed by atoms with Gasteiger partial charge in [0.25, 0.3) is 0 Å². The fourth-order valence-electron chi connectivity index (χ4n) is 9.96. The van der Waals surface area contributed by atoms with Gasteiger partial charge in [-0.05, 0) is 80.0 Å². The molecular formula is C57H76ClN9O9S. The highest BCUT2D eigenvalue weighted by Crippen LogP contribution is 2.44. The first kappa shape index (κ1) is 57.7. The minimum atomic E-state index is -0.928. The van der Waals surface area contributed by atoms with E-state index in [1.54, 1.807) is 33.3 Å². The predicted molar refractivity (Wildman–Crippen MR) is 297 cm³/mol. The summed E-state index contributed by atoms with van der Waals surface area (Å²) in [5, 5.41) is 25.5. The molecule has 77 heavy (non-hydrogen) atoms. The number of carbonyl (C=O) groups excluding carboxylic acids is 3. The number of hydrogen-bond donors (Lipinski definition) is 4. The zero-order valence-corrected chi connectivity index (χ0v) is 46.7. The summed E-state index contributed by atoms with van der Waals surface area (Å²) in [6.07, 6.45) is 11.1. The standard InChI is InChI=1S/C57H76ClN9O9S/c1-39-52(77-38-62-39)44-11-9-41(10-12-44)32-61-55(71)66-37-46(68)31-49(66)53(76-75-30-29-74-28-27-73-25-8-6-7-24-72-26-17-50(69)64-40(2)56(3,4)5)67-36-45(33-63-67)42-13-15-43(16-14-42)47-34-59-35-48(58)51(47)65-22-19-57(20-23-65)18-21-60-54(57)70/h9-16,33-36,38,40,46,49,53,68H,6-8,17-32,37H2,1-5H3,(H,60,70)(H,61,71)(H,64,69)/t40-,46+,49-,53?/m0/s1. The van der Waals surface area contributed by atoms with Crippen LogP contribution in [0.4, 0.5) is 10.5 Å². The number of anilines is 1. The third-order valence-corrected chi connectivity index (χ3v) is 16.3. The largest absolute Gasteiger partial charge is 0.391 e. The van der Waals surface area contributed by atoms with Crippen LogP contribution < -0.4 is 20.9 Å². The van der Waals surface area contributed by atoms with Crippen molar-refractivity contribution in [2.75, 3.05) is 77.3 Å². The summed E-state index contributed by atoms with van der Waals surface area (Å²) in [7, 11) is 0. The van der Waals surface area contributed by atoms with Gasteiger partial charge in [0.1, 0.15) is 6.61 Å². The fraction of sp³-hybridized carbons (Fsp3) is 0.544. The topological polar surface area (TPSA) is 204 Å². The number of aromatic nitrogens is 4. The molecule has 18 nitrogen and oxygen atoms in total. The van der Waals surface area contributed by atoms with Crippen LogP contribution in [0.1, 0.15) is 96.5 Å². The average Bonchev–Trinajstić information content (AvgIpc) is 4.25. The molecule has 4 atom stereocenters. The van der Waals surface area contributed by atoms with Crippen molar-refractivity contribution >= 4 is 46.5 Å². The molecule has 4 amide bonds. The van der Waals surface area contributed by atoms with Crippen molar-refractivity contribution < 1.29 is 43.5 Å². The molecular weight excluding hydrogens is 1020 g/mol. The van der Waals surface area contributed by atoms with Crippen molar-refractivity contribution in [2.24, 2.45) is 10.8 Å². The molecule has 0 radical (unpaired) electrons. The first-order valence-electron chi connectivity index (χ1n) is 27.0. The van der Waals surface area contributed by atoms with Crippen LogP contribution in [0.25, 0.3) is 32.7 Å². The highest BCUT2D eigenvalue weighted by Gasteiger charge is 2.45. The fourth-order valence-corrected chi connectivity index (χ4v) is 11.0. The molecule has 5 aromatic rings. The molecule has 3 aliphatic rings. The van der Waals surface area contributed by atoms with Crippen LogP contribution in [0, 0.1) is 17.8 Å². The van der Waals surface area contributed by atoms with Gasteiger partial charge in [-0.15, -0.1) is 11.3 Å². The Morgan fingerprint density at radius 1 is 0.883 bits per heavy atom. The van der Waals surface area contributed by atoms with Gasteiger partial charge in [0.05, 0.1) is 77.0 Å². The molecule has 20 heteroatoms. The molecule has 1 spiro atoms. The van der Waals surface area contributed by atoms with Gasteiger partial charge in [-0.3, -0.25) is 14.6 Å². The van der Waals surface area contributed by atoms with Gasteiger partial charge in [0.15, 0.2) is 0 Å². The van der Waals surface area contributed by atoms with Crippen LogP contribution >= 0.6 is 22.9 Å². The Morgan fingerprint density at radius 3 is 2.26 bits per heavy atom. The number of nitrogens with one attached hydrogen (secondary N) is 3. The van der Waals surface area contributed by atoms with E-state index in [9.17, 15) is 19.5 Å². The first-order chi connectivity index (χ1) is 37.2. The Bertz CT molecular complexity index is 2690. The number of carbonyl (C=O) groups is 3. The molecule has 2 aromatic carbocycles. The van der Waals surface area contributed by atoms with Crippen LogP contribution in [-0.2, 0) is 40.1 Å².